The van der Waals surface area contributed by atoms with E-state index in [4.69, 9.17) is 15.2 Å². The highest BCUT2D eigenvalue weighted by atomic mass is 79.9. The maximum Gasteiger partial charge on any atom is 0.200 e. The summed E-state index contributed by atoms with van der Waals surface area (Å²) in [6, 6.07) is 10.4. The van der Waals surface area contributed by atoms with Gasteiger partial charge in [-0.15, -0.1) is 0 Å². The number of nitrogen functional groups attached to an aromatic ring is 1. The molecule has 0 saturated carbocycles. The van der Waals surface area contributed by atoms with Crippen LogP contribution in [0.25, 0.3) is 0 Å². The Bertz CT molecular complexity index is 671. The molecule has 2 aromatic carbocycles. The van der Waals surface area contributed by atoms with Crippen LogP contribution >= 0.6 is 15.9 Å². The van der Waals surface area contributed by atoms with Crippen LogP contribution in [0.1, 0.15) is 22.8 Å². The lowest BCUT2D eigenvalue weighted by atomic mass is 10.0. The van der Waals surface area contributed by atoms with Gasteiger partial charge in [0.25, 0.3) is 0 Å². The molecule has 0 fully saturated rings. The van der Waals surface area contributed by atoms with Crippen molar-refractivity contribution in [2.75, 3.05) is 19.5 Å². The summed E-state index contributed by atoms with van der Waals surface area (Å²) in [5.74, 6) is 0.726. The number of methoxy groups -OCH3 is 1. The third-order valence-electron chi connectivity index (χ3n) is 2.98. The molecule has 0 aliphatic carbocycles. The number of para-hydroxylation sites is 1. The van der Waals surface area contributed by atoms with E-state index in [2.05, 4.69) is 15.9 Å². The maximum absolute atomic E-state index is 12.8. The fourth-order valence-corrected chi connectivity index (χ4v) is 2.43. The highest BCUT2D eigenvalue weighted by Crippen LogP contribution is 2.32. The normalized spacial score (nSPS) is 10.2. The Morgan fingerprint density at radius 1 is 1.24 bits per heavy atom. The largest absolute Gasteiger partial charge is 0.494 e. The summed E-state index contributed by atoms with van der Waals surface area (Å²) in [5, 5.41) is 0. The summed E-state index contributed by atoms with van der Waals surface area (Å²) in [7, 11) is 1.49. The minimum absolute atomic E-state index is 0.191. The van der Waals surface area contributed by atoms with E-state index in [1.54, 1.807) is 30.3 Å². The van der Waals surface area contributed by atoms with Crippen LogP contribution in [0.2, 0.25) is 0 Å². The zero-order valence-corrected chi connectivity index (χ0v) is 13.4. The lowest BCUT2D eigenvalue weighted by molar-refractivity contribution is 0.103. The first-order valence-electron chi connectivity index (χ1n) is 6.48. The number of hydrogen-bond donors (Lipinski definition) is 1. The summed E-state index contributed by atoms with van der Waals surface area (Å²) in [6.07, 6.45) is 0. The van der Waals surface area contributed by atoms with E-state index in [1.807, 2.05) is 13.0 Å². The molecule has 0 aliphatic heterocycles. The van der Waals surface area contributed by atoms with Crippen molar-refractivity contribution in [1.29, 1.82) is 0 Å². The molecule has 0 heterocycles. The van der Waals surface area contributed by atoms with E-state index in [1.165, 1.54) is 7.11 Å². The van der Waals surface area contributed by atoms with Gasteiger partial charge in [-0.2, -0.15) is 0 Å². The molecule has 0 aromatic heterocycles. The Kier molecular flexibility index (Phi) is 4.85. The zero-order valence-electron chi connectivity index (χ0n) is 11.9. The molecule has 0 bridgehead atoms. The molecular formula is C16H16BrNO3. The Labute approximate surface area is 132 Å². The van der Waals surface area contributed by atoms with Crippen molar-refractivity contribution < 1.29 is 14.3 Å². The third kappa shape index (κ3) is 3.19. The van der Waals surface area contributed by atoms with E-state index < -0.39 is 0 Å². The third-order valence-corrected chi connectivity index (χ3v) is 3.47. The molecule has 110 valence electrons. The van der Waals surface area contributed by atoms with Crippen LogP contribution < -0.4 is 15.2 Å². The molecule has 0 radical (unpaired) electrons. The molecule has 5 heteroatoms. The minimum Gasteiger partial charge on any atom is -0.494 e. The molecule has 0 atom stereocenters. The predicted molar refractivity (Wildman–Crippen MR) is 86.1 cm³/mol. The first kappa shape index (κ1) is 15.4. The van der Waals surface area contributed by atoms with E-state index >= 15 is 0 Å². The van der Waals surface area contributed by atoms with Gasteiger partial charge < -0.3 is 15.2 Å². The number of ketones is 1. The first-order valence-corrected chi connectivity index (χ1v) is 7.27. The molecule has 2 N–H and O–H groups in total. The molecule has 0 spiro atoms. The van der Waals surface area contributed by atoms with Crippen LogP contribution in [0.15, 0.2) is 40.9 Å². The van der Waals surface area contributed by atoms with Crippen molar-refractivity contribution in [1.82, 2.24) is 0 Å². The topological polar surface area (TPSA) is 61.5 Å². The van der Waals surface area contributed by atoms with Gasteiger partial charge >= 0.3 is 0 Å². The van der Waals surface area contributed by atoms with E-state index in [0.717, 1.165) is 4.47 Å². The van der Waals surface area contributed by atoms with E-state index in [9.17, 15) is 4.79 Å². The van der Waals surface area contributed by atoms with Gasteiger partial charge in [0.15, 0.2) is 5.75 Å². The van der Waals surface area contributed by atoms with Gasteiger partial charge in [-0.05, 0) is 37.3 Å². The zero-order chi connectivity index (χ0) is 15.4. The van der Waals surface area contributed by atoms with Gasteiger partial charge in [0.2, 0.25) is 5.78 Å². The monoisotopic (exact) mass is 349 g/mol. The second-order valence-corrected chi connectivity index (χ2v) is 5.25. The summed E-state index contributed by atoms with van der Waals surface area (Å²) in [5.41, 5.74) is 7.16. The highest BCUT2D eigenvalue weighted by Gasteiger charge is 2.20. The van der Waals surface area contributed by atoms with Gasteiger partial charge in [-0.3, -0.25) is 4.79 Å². The molecule has 2 rings (SSSR count). The SMILES string of the molecule is CCOc1ccc(Br)cc1C(=O)c1cccc(N)c1OC. The molecule has 0 unspecified atom stereocenters. The average molecular weight is 350 g/mol. The van der Waals surface area contributed by atoms with Crippen molar-refractivity contribution >= 4 is 27.4 Å². The fraction of sp³-hybridized carbons (Fsp3) is 0.188. The second kappa shape index (κ2) is 6.63. The van der Waals surface area contributed by atoms with Crippen LogP contribution in [0.4, 0.5) is 5.69 Å². The number of halogens is 1. The number of carbonyl (C=O) groups is 1. The molecule has 0 amide bonds. The lowest BCUT2D eigenvalue weighted by Gasteiger charge is -2.13. The van der Waals surface area contributed by atoms with Crippen molar-refractivity contribution in [3.63, 3.8) is 0 Å². The summed E-state index contributed by atoms with van der Waals surface area (Å²) < 4.78 is 11.6. The minimum atomic E-state index is -0.191. The number of ether oxygens (including phenoxy) is 2. The number of rotatable bonds is 5. The number of carbonyl (C=O) groups excluding carboxylic acids is 1. The van der Waals surface area contributed by atoms with Gasteiger partial charge in [0, 0.05) is 4.47 Å². The summed E-state index contributed by atoms with van der Waals surface area (Å²) in [6.45, 7) is 2.35. The van der Waals surface area contributed by atoms with Crippen molar-refractivity contribution in [2.45, 2.75) is 6.92 Å². The summed E-state index contributed by atoms with van der Waals surface area (Å²) in [4.78, 5) is 12.8. The van der Waals surface area contributed by atoms with Crippen molar-refractivity contribution in [2.24, 2.45) is 0 Å². The molecule has 2 aromatic rings. The Balaban J connectivity index is 2.54. The highest BCUT2D eigenvalue weighted by molar-refractivity contribution is 9.10. The standard InChI is InChI=1S/C16H16BrNO3/c1-3-21-14-8-7-10(17)9-12(14)15(19)11-5-4-6-13(18)16(11)20-2/h4-9H,3,18H2,1-2H3. The number of nitrogens with two attached hydrogens (primary N) is 1. The van der Waals surface area contributed by atoms with Gasteiger partial charge in [0.1, 0.15) is 5.75 Å². The number of anilines is 1. The van der Waals surface area contributed by atoms with Crippen LogP contribution in [-0.4, -0.2) is 19.5 Å². The summed E-state index contributed by atoms with van der Waals surface area (Å²) >= 11 is 3.37. The predicted octanol–water partition coefficient (Wildman–Crippen LogP) is 3.67. The average Bonchev–Trinajstić information content (AvgIpc) is 2.48. The molecule has 0 aliphatic rings. The molecule has 4 nitrogen and oxygen atoms in total. The quantitative estimate of drug-likeness (QED) is 0.660. The van der Waals surface area contributed by atoms with Gasteiger partial charge in [-0.1, -0.05) is 22.0 Å². The van der Waals surface area contributed by atoms with Gasteiger partial charge in [0.05, 0.1) is 30.5 Å². The Morgan fingerprint density at radius 2 is 2.00 bits per heavy atom. The molecule has 0 saturated heterocycles. The van der Waals surface area contributed by atoms with Gasteiger partial charge in [-0.25, -0.2) is 0 Å². The smallest absolute Gasteiger partial charge is 0.200 e. The van der Waals surface area contributed by atoms with Crippen molar-refractivity contribution in [3.8, 4) is 11.5 Å². The maximum atomic E-state index is 12.8. The number of benzene rings is 2. The number of hydrogen-bond acceptors (Lipinski definition) is 4. The fourth-order valence-electron chi connectivity index (χ4n) is 2.07. The van der Waals surface area contributed by atoms with Crippen molar-refractivity contribution in [3.05, 3.63) is 52.0 Å². The van der Waals surface area contributed by atoms with E-state index in [-0.39, 0.29) is 5.78 Å². The Morgan fingerprint density at radius 3 is 2.67 bits per heavy atom. The Hall–Kier alpha value is -2.01. The van der Waals surface area contributed by atoms with Crippen LogP contribution in [0.3, 0.4) is 0 Å². The molecular weight excluding hydrogens is 334 g/mol. The van der Waals surface area contributed by atoms with Crippen LogP contribution in [0, 0.1) is 0 Å². The molecule has 21 heavy (non-hydrogen) atoms. The first-order chi connectivity index (χ1) is 10.1. The van der Waals surface area contributed by atoms with Crippen LogP contribution in [0.5, 0.6) is 11.5 Å². The second-order valence-electron chi connectivity index (χ2n) is 4.33. The van der Waals surface area contributed by atoms with Crippen LogP contribution in [-0.2, 0) is 0 Å². The van der Waals surface area contributed by atoms with E-state index in [0.29, 0.717) is 34.9 Å². The lowest BCUT2D eigenvalue weighted by Crippen LogP contribution is -2.08.